The van der Waals surface area contributed by atoms with E-state index in [1.807, 2.05) is 0 Å². The van der Waals surface area contributed by atoms with Gasteiger partial charge in [-0.1, -0.05) is 124 Å². The molecular formula is C31H60O2Si3. The SMILES string of the molecule is C/C=C(/[C@@H](O[Si](C(C)C)(C(C)C)C(C)C)[C@H](CCc1ccccc1)O[Si](C)(C)C(C)(C)C)[Si](C)(C)C. The van der Waals surface area contributed by atoms with Crippen LogP contribution in [0.25, 0.3) is 0 Å². The molecule has 0 fully saturated rings. The van der Waals surface area contributed by atoms with Crippen molar-refractivity contribution in [2.75, 3.05) is 0 Å². The van der Waals surface area contributed by atoms with Crippen molar-refractivity contribution in [2.24, 2.45) is 0 Å². The van der Waals surface area contributed by atoms with Crippen LogP contribution in [0, 0.1) is 0 Å². The summed E-state index contributed by atoms with van der Waals surface area (Å²) in [5.41, 5.74) is 3.02. The standard InChI is InChI=1S/C31H60O2Si3/c1-16-29(34(11,12)13)30(33-36(24(2)3,25(4)5)26(6)7)28(32-35(14,15)31(8,9)10)23-22-27-20-18-17-19-21-27/h16-21,24-26,28,30H,22-23H2,1-15H3/b29-16-/t28-,30-/m0/s1. The molecule has 2 atom stereocenters. The summed E-state index contributed by atoms with van der Waals surface area (Å²) in [7, 11) is -5.80. The zero-order valence-corrected chi connectivity index (χ0v) is 29.6. The molecule has 0 aliphatic carbocycles. The Morgan fingerprint density at radius 2 is 1.28 bits per heavy atom. The Labute approximate surface area is 228 Å². The van der Waals surface area contributed by atoms with Crippen LogP contribution in [-0.2, 0) is 15.3 Å². The Kier molecular flexibility index (Phi) is 12.2. The minimum absolute atomic E-state index is 0.0263. The minimum Gasteiger partial charge on any atom is -0.411 e. The molecule has 0 spiro atoms. The molecule has 1 aromatic rings. The maximum Gasteiger partial charge on any atom is 0.201 e. The third kappa shape index (κ3) is 8.26. The quantitative estimate of drug-likeness (QED) is 0.228. The normalized spacial score (nSPS) is 16.2. The van der Waals surface area contributed by atoms with Crippen molar-refractivity contribution in [3.8, 4) is 0 Å². The van der Waals surface area contributed by atoms with E-state index in [1.165, 1.54) is 10.8 Å². The van der Waals surface area contributed by atoms with Gasteiger partial charge in [-0.2, -0.15) is 0 Å². The van der Waals surface area contributed by atoms with Crippen LogP contribution in [0.5, 0.6) is 0 Å². The van der Waals surface area contributed by atoms with Crippen LogP contribution in [0.15, 0.2) is 41.6 Å². The molecule has 0 N–H and O–H groups in total. The van der Waals surface area contributed by atoms with E-state index in [0.717, 1.165) is 12.8 Å². The molecule has 0 unspecified atom stereocenters. The highest BCUT2D eigenvalue weighted by molar-refractivity contribution is 6.83. The summed E-state index contributed by atoms with van der Waals surface area (Å²) < 4.78 is 15.1. The number of benzene rings is 1. The van der Waals surface area contributed by atoms with E-state index < -0.39 is 24.7 Å². The van der Waals surface area contributed by atoms with Crippen molar-refractivity contribution in [2.45, 2.75) is 149 Å². The summed E-state index contributed by atoms with van der Waals surface area (Å²) in [6.45, 7) is 35.9. The zero-order chi connectivity index (χ0) is 28.1. The highest BCUT2D eigenvalue weighted by Crippen LogP contribution is 2.46. The summed E-state index contributed by atoms with van der Waals surface area (Å²) in [6, 6.07) is 10.9. The van der Waals surface area contributed by atoms with Gasteiger partial charge >= 0.3 is 0 Å². The maximum atomic E-state index is 7.71. The molecule has 1 aromatic carbocycles. The molecular weight excluding hydrogens is 489 g/mol. The lowest BCUT2D eigenvalue weighted by atomic mass is 10.0. The Hall–Kier alpha value is -0.469. The van der Waals surface area contributed by atoms with Crippen LogP contribution in [0.4, 0.5) is 0 Å². The molecule has 36 heavy (non-hydrogen) atoms. The molecule has 1 rings (SSSR count). The van der Waals surface area contributed by atoms with Gasteiger partial charge in [0.1, 0.15) is 0 Å². The van der Waals surface area contributed by atoms with Gasteiger partial charge in [-0.05, 0) is 60.1 Å². The van der Waals surface area contributed by atoms with E-state index >= 15 is 0 Å². The van der Waals surface area contributed by atoms with Crippen LogP contribution >= 0.6 is 0 Å². The van der Waals surface area contributed by atoms with Gasteiger partial charge in [0, 0.05) is 0 Å². The van der Waals surface area contributed by atoms with Crippen LogP contribution in [0.1, 0.15) is 81.2 Å². The average Bonchev–Trinajstić information content (AvgIpc) is 2.72. The molecule has 0 radical (unpaired) electrons. The Balaban J connectivity index is 3.73. The second-order valence-corrected chi connectivity index (χ2v) is 29.5. The van der Waals surface area contributed by atoms with Crippen molar-refractivity contribution in [1.29, 1.82) is 0 Å². The first-order chi connectivity index (χ1) is 16.3. The van der Waals surface area contributed by atoms with E-state index in [-0.39, 0.29) is 17.2 Å². The fourth-order valence-corrected chi connectivity index (χ4v) is 14.7. The summed E-state index contributed by atoms with van der Waals surface area (Å²) in [5, 5.41) is 1.68. The summed E-state index contributed by atoms with van der Waals surface area (Å²) in [6.07, 6.45) is 4.48. The molecule has 0 amide bonds. The molecule has 0 saturated carbocycles. The summed E-state index contributed by atoms with van der Waals surface area (Å²) in [5.74, 6) is 0. The first-order valence-corrected chi connectivity index (χ1v) is 22.9. The molecule has 0 aliphatic heterocycles. The number of rotatable bonds is 13. The van der Waals surface area contributed by atoms with Crippen molar-refractivity contribution < 1.29 is 8.85 Å². The van der Waals surface area contributed by atoms with Crippen LogP contribution in [0.2, 0.25) is 54.4 Å². The fraction of sp³-hybridized carbons (Fsp3) is 0.742. The lowest BCUT2D eigenvalue weighted by molar-refractivity contribution is 0.0520. The second-order valence-electron chi connectivity index (χ2n) is 14.3. The summed E-state index contributed by atoms with van der Waals surface area (Å²) >= 11 is 0. The first kappa shape index (κ1) is 33.6. The van der Waals surface area contributed by atoms with E-state index in [1.54, 1.807) is 0 Å². The van der Waals surface area contributed by atoms with Gasteiger partial charge in [-0.25, -0.2) is 0 Å². The van der Waals surface area contributed by atoms with Crippen molar-refractivity contribution >= 4 is 24.7 Å². The lowest BCUT2D eigenvalue weighted by Crippen LogP contribution is -2.57. The predicted octanol–water partition coefficient (Wildman–Crippen LogP) is 10.4. The molecule has 5 heteroatoms. The van der Waals surface area contributed by atoms with Crippen molar-refractivity contribution in [1.82, 2.24) is 0 Å². The molecule has 0 saturated heterocycles. The first-order valence-electron chi connectivity index (χ1n) is 14.4. The second kappa shape index (κ2) is 13.1. The molecule has 208 valence electrons. The average molecular weight is 549 g/mol. The number of allylic oxidation sites excluding steroid dienone is 1. The largest absolute Gasteiger partial charge is 0.411 e. The van der Waals surface area contributed by atoms with E-state index in [4.69, 9.17) is 8.85 Å². The maximum absolute atomic E-state index is 7.71. The van der Waals surface area contributed by atoms with Gasteiger partial charge in [-0.15, -0.1) is 0 Å². The van der Waals surface area contributed by atoms with Crippen LogP contribution in [0.3, 0.4) is 0 Å². The fourth-order valence-electron chi connectivity index (χ4n) is 5.77. The Bertz CT molecular complexity index is 793. The zero-order valence-electron chi connectivity index (χ0n) is 26.6. The van der Waals surface area contributed by atoms with Crippen molar-refractivity contribution in [3.63, 3.8) is 0 Å². The minimum atomic E-state index is -2.12. The number of hydrogen-bond acceptors (Lipinski definition) is 2. The highest BCUT2D eigenvalue weighted by Gasteiger charge is 2.50. The molecule has 0 aromatic heterocycles. The van der Waals surface area contributed by atoms with Gasteiger partial charge in [-0.3, -0.25) is 0 Å². The van der Waals surface area contributed by atoms with Crippen LogP contribution in [-0.4, -0.2) is 36.9 Å². The van der Waals surface area contributed by atoms with Crippen LogP contribution < -0.4 is 0 Å². The van der Waals surface area contributed by atoms with Gasteiger partial charge in [0.2, 0.25) is 8.32 Å². The number of hydrogen-bond donors (Lipinski definition) is 0. The third-order valence-electron chi connectivity index (χ3n) is 8.67. The lowest BCUT2D eigenvalue weighted by Gasteiger charge is -2.50. The van der Waals surface area contributed by atoms with Gasteiger partial charge in [0.25, 0.3) is 0 Å². The Morgan fingerprint density at radius 3 is 1.64 bits per heavy atom. The van der Waals surface area contributed by atoms with E-state index in [9.17, 15) is 0 Å². The monoisotopic (exact) mass is 548 g/mol. The third-order valence-corrected chi connectivity index (χ3v) is 21.6. The smallest absolute Gasteiger partial charge is 0.201 e. The summed E-state index contributed by atoms with van der Waals surface area (Å²) in [4.78, 5) is 0. The van der Waals surface area contributed by atoms with E-state index in [0.29, 0.717) is 16.6 Å². The molecule has 0 heterocycles. The molecule has 2 nitrogen and oxygen atoms in total. The Morgan fingerprint density at radius 1 is 0.806 bits per heavy atom. The predicted molar refractivity (Wildman–Crippen MR) is 170 cm³/mol. The topological polar surface area (TPSA) is 18.5 Å². The molecule has 0 bridgehead atoms. The van der Waals surface area contributed by atoms with Crippen molar-refractivity contribution in [3.05, 3.63) is 47.2 Å². The highest BCUT2D eigenvalue weighted by atomic mass is 28.4. The molecule has 0 aliphatic rings. The number of aryl methyl sites for hydroxylation is 1. The van der Waals surface area contributed by atoms with Gasteiger partial charge < -0.3 is 8.85 Å². The van der Waals surface area contributed by atoms with E-state index in [2.05, 4.69) is 138 Å². The van der Waals surface area contributed by atoms with Gasteiger partial charge in [0.15, 0.2) is 8.32 Å². The van der Waals surface area contributed by atoms with Gasteiger partial charge in [0.05, 0.1) is 20.3 Å².